The Hall–Kier alpha value is -2.93. The molecule has 142 valence electrons. The molecule has 2 aliphatic heterocycles. The molecule has 3 aromatic heterocycles. The van der Waals surface area contributed by atoms with Gasteiger partial charge in [-0.3, -0.25) is 0 Å². The minimum absolute atomic E-state index is 0.440. The molecule has 7 heteroatoms. The molecule has 7 nitrogen and oxygen atoms in total. The lowest BCUT2D eigenvalue weighted by Crippen LogP contribution is -2.47. The zero-order valence-electron chi connectivity index (χ0n) is 16.0. The minimum Gasteiger partial charge on any atom is -0.355 e. The van der Waals surface area contributed by atoms with E-state index in [2.05, 4.69) is 51.2 Å². The molecular formula is C21H23N7. The van der Waals surface area contributed by atoms with Crippen LogP contribution in [0, 0.1) is 0 Å². The number of anilines is 1. The highest BCUT2D eigenvalue weighted by Gasteiger charge is 2.35. The molecule has 2 aliphatic rings. The number of rotatable bonds is 2. The predicted molar refractivity (Wildman–Crippen MR) is 109 cm³/mol. The molecule has 0 atom stereocenters. The van der Waals surface area contributed by atoms with Crippen LogP contribution in [-0.4, -0.2) is 50.3 Å². The third kappa shape index (κ3) is 2.29. The standard InChI is InChI=1S/C21H23N7/c1-26-18-5-3-2-4-17(18)25-20(26)14-12-27(13-14)21-15-6-9-22-10-7-16(15)24-19-8-11-23-28(19)21/h2-5,8,11,14,22H,6-7,9-10,12-13H2,1H3. The van der Waals surface area contributed by atoms with Crippen LogP contribution in [0.5, 0.6) is 0 Å². The maximum Gasteiger partial charge on any atom is 0.157 e. The average Bonchev–Trinajstić information content (AvgIpc) is 3.18. The van der Waals surface area contributed by atoms with E-state index in [9.17, 15) is 0 Å². The summed E-state index contributed by atoms with van der Waals surface area (Å²) in [6.45, 7) is 3.93. The summed E-state index contributed by atoms with van der Waals surface area (Å²) in [4.78, 5) is 12.2. The van der Waals surface area contributed by atoms with E-state index in [4.69, 9.17) is 9.97 Å². The minimum atomic E-state index is 0.440. The lowest BCUT2D eigenvalue weighted by atomic mass is 9.97. The molecule has 0 saturated carbocycles. The Bertz CT molecular complexity index is 1180. The molecule has 1 N–H and O–H groups in total. The van der Waals surface area contributed by atoms with Crippen LogP contribution in [0.1, 0.15) is 23.0 Å². The van der Waals surface area contributed by atoms with Crippen LogP contribution in [0.4, 0.5) is 5.82 Å². The number of nitrogens with one attached hydrogen (secondary N) is 1. The summed E-state index contributed by atoms with van der Waals surface area (Å²) >= 11 is 0. The molecule has 5 heterocycles. The molecule has 0 unspecified atom stereocenters. The third-order valence-electron chi connectivity index (χ3n) is 6.15. The van der Waals surface area contributed by atoms with E-state index in [1.165, 1.54) is 28.4 Å². The lowest BCUT2D eigenvalue weighted by Gasteiger charge is -2.41. The monoisotopic (exact) mass is 373 g/mol. The van der Waals surface area contributed by atoms with Crippen molar-refractivity contribution in [2.75, 3.05) is 31.1 Å². The molecule has 28 heavy (non-hydrogen) atoms. The van der Waals surface area contributed by atoms with Crippen molar-refractivity contribution >= 4 is 22.5 Å². The van der Waals surface area contributed by atoms with Crippen molar-refractivity contribution in [1.82, 2.24) is 29.5 Å². The fraction of sp³-hybridized carbons (Fsp3) is 0.381. The normalized spacial score (nSPS) is 17.7. The van der Waals surface area contributed by atoms with Crippen molar-refractivity contribution < 1.29 is 0 Å². The number of hydrogen-bond acceptors (Lipinski definition) is 5. The smallest absolute Gasteiger partial charge is 0.157 e. The lowest BCUT2D eigenvalue weighted by molar-refractivity contribution is 0.480. The van der Waals surface area contributed by atoms with Gasteiger partial charge in [0, 0.05) is 44.7 Å². The number of aromatic nitrogens is 5. The van der Waals surface area contributed by atoms with E-state index in [0.29, 0.717) is 5.92 Å². The van der Waals surface area contributed by atoms with Crippen molar-refractivity contribution in [2.24, 2.45) is 7.05 Å². The molecule has 0 amide bonds. The van der Waals surface area contributed by atoms with Gasteiger partial charge in [0.05, 0.1) is 28.8 Å². The van der Waals surface area contributed by atoms with E-state index in [1.807, 2.05) is 16.8 Å². The Balaban J connectivity index is 1.37. The molecule has 0 aliphatic carbocycles. The second kappa shape index (κ2) is 6.04. The summed E-state index contributed by atoms with van der Waals surface area (Å²) in [5, 5.41) is 8.08. The Morgan fingerprint density at radius 2 is 1.89 bits per heavy atom. The van der Waals surface area contributed by atoms with Gasteiger partial charge in [0.2, 0.25) is 0 Å². The highest BCUT2D eigenvalue weighted by molar-refractivity contribution is 5.76. The first-order valence-electron chi connectivity index (χ1n) is 10.0. The summed E-state index contributed by atoms with van der Waals surface area (Å²) in [6, 6.07) is 10.4. The van der Waals surface area contributed by atoms with E-state index in [-0.39, 0.29) is 0 Å². The largest absolute Gasteiger partial charge is 0.355 e. The summed E-state index contributed by atoms with van der Waals surface area (Å²) < 4.78 is 4.27. The Morgan fingerprint density at radius 1 is 1.04 bits per heavy atom. The second-order valence-corrected chi connectivity index (χ2v) is 7.83. The van der Waals surface area contributed by atoms with Gasteiger partial charge in [0.25, 0.3) is 0 Å². The van der Waals surface area contributed by atoms with E-state index < -0.39 is 0 Å². The quantitative estimate of drug-likeness (QED) is 0.582. The van der Waals surface area contributed by atoms with E-state index in [0.717, 1.165) is 50.2 Å². The summed E-state index contributed by atoms with van der Waals surface area (Å²) in [5.74, 6) is 2.84. The van der Waals surface area contributed by atoms with Crippen molar-refractivity contribution in [3.05, 3.63) is 53.6 Å². The first-order valence-corrected chi connectivity index (χ1v) is 10.0. The van der Waals surface area contributed by atoms with Gasteiger partial charge in [-0.05, 0) is 25.1 Å². The fourth-order valence-electron chi connectivity index (χ4n) is 4.68. The molecular weight excluding hydrogens is 350 g/mol. The van der Waals surface area contributed by atoms with Gasteiger partial charge >= 0.3 is 0 Å². The SMILES string of the molecule is Cn1c(C2CN(c3c4c(nc5ccnn35)CCNCC4)C2)nc2ccccc21. The zero-order chi connectivity index (χ0) is 18.7. The van der Waals surface area contributed by atoms with E-state index >= 15 is 0 Å². The summed E-state index contributed by atoms with van der Waals surface area (Å²) in [6.07, 6.45) is 3.83. The van der Waals surface area contributed by atoms with Gasteiger partial charge in [-0.15, -0.1) is 0 Å². The van der Waals surface area contributed by atoms with Crippen molar-refractivity contribution in [1.29, 1.82) is 0 Å². The van der Waals surface area contributed by atoms with Crippen LogP contribution in [0.3, 0.4) is 0 Å². The maximum atomic E-state index is 4.91. The number of fused-ring (bicyclic) bond motifs is 3. The molecule has 1 aromatic carbocycles. The highest BCUT2D eigenvalue weighted by atomic mass is 15.4. The Kier molecular flexibility index (Phi) is 3.46. The molecule has 1 saturated heterocycles. The first kappa shape index (κ1) is 16.1. The number of benzene rings is 1. The van der Waals surface area contributed by atoms with Crippen LogP contribution in [0.2, 0.25) is 0 Å². The molecule has 0 radical (unpaired) electrons. The van der Waals surface area contributed by atoms with Crippen molar-refractivity contribution in [3.63, 3.8) is 0 Å². The van der Waals surface area contributed by atoms with Crippen LogP contribution in [0.25, 0.3) is 16.7 Å². The fourth-order valence-corrected chi connectivity index (χ4v) is 4.68. The molecule has 1 fully saturated rings. The Labute approximate surface area is 163 Å². The highest BCUT2D eigenvalue weighted by Crippen LogP contribution is 2.35. The summed E-state index contributed by atoms with van der Waals surface area (Å²) in [5.41, 5.74) is 5.80. The van der Waals surface area contributed by atoms with Crippen molar-refractivity contribution in [3.8, 4) is 0 Å². The third-order valence-corrected chi connectivity index (χ3v) is 6.15. The van der Waals surface area contributed by atoms with Gasteiger partial charge < -0.3 is 14.8 Å². The number of nitrogens with zero attached hydrogens (tertiary/aromatic N) is 6. The molecule has 6 rings (SSSR count). The van der Waals surface area contributed by atoms with Gasteiger partial charge in [-0.1, -0.05) is 12.1 Å². The Morgan fingerprint density at radius 3 is 2.79 bits per heavy atom. The zero-order valence-corrected chi connectivity index (χ0v) is 16.0. The number of imidazole rings is 1. The maximum absolute atomic E-state index is 4.91. The number of aryl methyl sites for hydroxylation is 1. The van der Waals surface area contributed by atoms with Gasteiger partial charge in [0.1, 0.15) is 11.6 Å². The summed E-state index contributed by atoms with van der Waals surface area (Å²) in [7, 11) is 2.13. The molecule has 0 spiro atoms. The number of hydrogen-bond donors (Lipinski definition) is 1. The van der Waals surface area contributed by atoms with Crippen LogP contribution in [0.15, 0.2) is 36.5 Å². The predicted octanol–water partition coefficient (Wildman–Crippen LogP) is 1.91. The molecule has 4 aromatic rings. The van der Waals surface area contributed by atoms with Gasteiger partial charge in [0.15, 0.2) is 5.65 Å². The van der Waals surface area contributed by atoms with Crippen molar-refractivity contribution in [2.45, 2.75) is 18.8 Å². The van der Waals surface area contributed by atoms with Gasteiger partial charge in [-0.2, -0.15) is 9.61 Å². The first-order chi connectivity index (χ1) is 13.8. The molecule has 0 bridgehead atoms. The topological polar surface area (TPSA) is 63.3 Å². The van der Waals surface area contributed by atoms with E-state index in [1.54, 1.807) is 0 Å². The van der Waals surface area contributed by atoms with Crippen LogP contribution in [-0.2, 0) is 19.9 Å². The van der Waals surface area contributed by atoms with Crippen LogP contribution >= 0.6 is 0 Å². The second-order valence-electron chi connectivity index (χ2n) is 7.83. The van der Waals surface area contributed by atoms with Gasteiger partial charge in [-0.25, -0.2) is 9.97 Å². The van der Waals surface area contributed by atoms with Crippen LogP contribution < -0.4 is 10.2 Å². The average molecular weight is 373 g/mol. The number of para-hydroxylation sites is 2.